The van der Waals surface area contributed by atoms with Gasteiger partial charge in [-0.2, -0.15) is 0 Å². The predicted octanol–water partition coefficient (Wildman–Crippen LogP) is 0.575. The molecule has 2 aliphatic rings. The number of carbonyl (C=O) groups excluding carboxylic acids is 2. The topological polar surface area (TPSA) is 155 Å². The fraction of sp³-hybridized carbons (Fsp3) is 0.786. The Hall–Kier alpha value is -1.70. The van der Waals surface area contributed by atoms with Gasteiger partial charge in [0, 0.05) is 20.0 Å². The van der Waals surface area contributed by atoms with Gasteiger partial charge in [0.25, 0.3) is 0 Å². The van der Waals surface area contributed by atoms with Crippen molar-refractivity contribution < 1.29 is 49.0 Å². The number of aldehydes is 1. The Labute approximate surface area is 231 Å². The predicted molar refractivity (Wildman–Crippen MR) is 143 cm³/mol. The number of rotatable bonds is 6. The second-order valence-electron chi connectivity index (χ2n) is 10.9. The van der Waals surface area contributed by atoms with Gasteiger partial charge >= 0.3 is 5.97 Å². The number of hydrogen-bond donors (Lipinski definition) is 4. The lowest BCUT2D eigenvalue weighted by molar-refractivity contribution is -0.309. The maximum Gasteiger partial charge on any atom is 0.308 e. The summed E-state index contributed by atoms with van der Waals surface area (Å²) in [7, 11) is 4.79. The first kappa shape index (κ1) is 33.5. The molecule has 2 rings (SSSR count). The van der Waals surface area contributed by atoms with E-state index in [1.54, 1.807) is 51.1 Å². The summed E-state index contributed by atoms with van der Waals surface area (Å²) in [6.45, 7) is 5.22. The second kappa shape index (κ2) is 15.9. The van der Waals surface area contributed by atoms with Crippen molar-refractivity contribution in [3.8, 4) is 0 Å². The van der Waals surface area contributed by atoms with Crippen molar-refractivity contribution in [2.75, 3.05) is 21.2 Å². The summed E-state index contributed by atoms with van der Waals surface area (Å²) in [5.41, 5.74) is 0. The molecule has 0 radical (unpaired) electrons. The van der Waals surface area contributed by atoms with Crippen LogP contribution in [0.5, 0.6) is 0 Å². The zero-order valence-corrected chi connectivity index (χ0v) is 23.8. The molecular weight excluding hydrogens is 510 g/mol. The van der Waals surface area contributed by atoms with Crippen LogP contribution in [0.25, 0.3) is 0 Å². The minimum absolute atomic E-state index is 0.00247. The molecule has 0 bridgehead atoms. The summed E-state index contributed by atoms with van der Waals surface area (Å²) in [6, 6.07) is -0.712. The van der Waals surface area contributed by atoms with E-state index in [1.807, 2.05) is 13.0 Å². The zero-order valence-electron chi connectivity index (χ0n) is 23.8. The summed E-state index contributed by atoms with van der Waals surface area (Å²) in [5, 5.41) is 43.6. The molecule has 1 fully saturated rings. The molecular formula is C28H47NO10. The van der Waals surface area contributed by atoms with E-state index in [9.17, 15) is 30.0 Å². The fourth-order valence-electron chi connectivity index (χ4n) is 5.29. The molecule has 1 saturated heterocycles. The summed E-state index contributed by atoms with van der Waals surface area (Å²) in [5.74, 6) is -1.53. The fourth-order valence-corrected chi connectivity index (χ4v) is 5.29. The number of esters is 1. The first-order valence-corrected chi connectivity index (χ1v) is 13.6. The Bertz CT molecular complexity index is 820. The monoisotopic (exact) mass is 557 g/mol. The number of aliphatic hydroxyl groups excluding tert-OH is 4. The number of carbonyl (C=O) groups is 2. The molecule has 11 heteroatoms. The van der Waals surface area contributed by atoms with E-state index in [-0.39, 0.29) is 18.8 Å². The molecule has 224 valence electrons. The van der Waals surface area contributed by atoms with E-state index < -0.39 is 73.1 Å². The standard InChI is InChI=1S/C28H47NO10/c1-16-14-19(12-13-30)26(39-28-25(35)23(29(4)5)24(34)18(3)38-28)27(36-6)21(32)15-22(33)37-17(2)10-8-7-9-11-20(16)31/h7-9,11,13,16-21,23-28,31-32,34-35H,10,12,14-15H2,1-6H3/b8-7+,11-9+/t16-,17-,18-,19+,20+,21-,23+,24-,25-,26+,27?,28+/m1/s1. The minimum atomic E-state index is -1.37. The van der Waals surface area contributed by atoms with Crippen LogP contribution in [0.2, 0.25) is 0 Å². The quantitative estimate of drug-likeness (QED) is 0.268. The molecule has 0 aromatic carbocycles. The van der Waals surface area contributed by atoms with Gasteiger partial charge in [-0.05, 0) is 46.2 Å². The van der Waals surface area contributed by atoms with Gasteiger partial charge in [0.15, 0.2) is 6.29 Å². The van der Waals surface area contributed by atoms with Crippen molar-refractivity contribution in [1.29, 1.82) is 0 Å². The van der Waals surface area contributed by atoms with Crippen LogP contribution >= 0.6 is 0 Å². The molecule has 11 nitrogen and oxygen atoms in total. The van der Waals surface area contributed by atoms with Crippen LogP contribution in [-0.2, 0) is 28.5 Å². The van der Waals surface area contributed by atoms with Crippen LogP contribution in [0, 0.1) is 11.8 Å². The van der Waals surface area contributed by atoms with Crippen molar-refractivity contribution >= 4 is 12.3 Å². The normalized spacial score (nSPS) is 43.0. The smallest absolute Gasteiger partial charge is 0.308 e. The molecule has 4 N–H and O–H groups in total. The van der Waals surface area contributed by atoms with Crippen LogP contribution in [0.4, 0.5) is 0 Å². The van der Waals surface area contributed by atoms with Crippen LogP contribution in [0.15, 0.2) is 24.3 Å². The highest BCUT2D eigenvalue weighted by Crippen LogP contribution is 2.33. The van der Waals surface area contributed by atoms with Gasteiger partial charge in [-0.1, -0.05) is 31.2 Å². The number of aliphatic hydroxyl groups is 4. The van der Waals surface area contributed by atoms with Crippen LogP contribution in [-0.4, -0.2) is 120 Å². The lowest BCUT2D eigenvalue weighted by atomic mass is 9.82. The first-order valence-electron chi connectivity index (χ1n) is 13.6. The second-order valence-corrected chi connectivity index (χ2v) is 10.9. The highest BCUT2D eigenvalue weighted by molar-refractivity contribution is 5.70. The molecule has 0 aromatic heterocycles. The van der Waals surface area contributed by atoms with Gasteiger partial charge < -0.3 is 49.1 Å². The number of cyclic esters (lactones) is 1. The maximum atomic E-state index is 12.6. The third kappa shape index (κ3) is 9.43. The van der Waals surface area contributed by atoms with E-state index in [0.29, 0.717) is 12.8 Å². The third-order valence-electron chi connectivity index (χ3n) is 7.52. The average Bonchev–Trinajstić information content (AvgIpc) is 2.85. The summed E-state index contributed by atoms with van der Waals surface area (Å²) >= 11 is 0. The van der Waals surface area contributed by atoms with Gasteiger partial charge in [-0.3, -0.25) is 4.79 Å². The van der Waals surface area contributed by atoms with Crippen molar-refractivity contribution in [2.45, 2.75) is 108 Å². The Balaban J connectivity index is 2.48. The Morgan fingerprint density at radius 3 is 2.38 bits per heavy atom. The van der Waals surface area contributed by atoms with Crippen LogP contribution in [0.1, 0.15) is 46.5 Å². The van der Waals surface area contributed by atoms with Crippen molar-refractivity contribution in [3.63, 3.8) is 0 Å². The summed E-state index contributed by atoms with van der Waals surface area (Å²) in [6.07, 6.45) is -0.965. The number of allylic oxidation sites excluding steroid dienone is 2. The average molecular weight is 558 g/mol. The summed E-state index contributed by atoms with van der Waals surface area (Å²) in [4.78, 5) is 26.1. The highest BCUT2D eigenvalue weighted by atomic mass is 16.7. The molecule has 0 aromatic rings. The number of ether oxygens (including phenoxy) is 4. The van der Waals surface area contributed by atoms with Gasteiger partial charge in [0.1, 0.15) is 24.6 Å². The molecule has 39 heavy (non-hydrogen) atoms. The van der Waals surface area contributed by atoms with E-state index in [0.717, 1.165) is 6.29 Å². The number of methoxy groups -OCH3 is 1. The molecule has 12 atom stereocenters. The zero-order chi connectivity index (χ0) is 29.3. The molecule has 0 amide bonds. The van der Waals surface area contributed by atoms with E-state index in [2.05, 4.69) is 0 Å². The van der Waals surface area contributed by atoms with Crippen molar-refractivity contribution in [1.82, 2.24) is 4.90 Å². The summed E-state index contributed by atoms with van der Waals surface area (Å²) < 4.78 is 23.2. The molecule has 1 unspecified atom stereocenters. The lowest BCUT2D eigenvalue weighted by Gasteiger charge is -2.46. The number of likely N-dealkylation sites (N-methyl/N-ethyl adjacent to an activating group) is 1. The van der Waals surface area contributed by atoms with Crippen LogP contribution in [0.3, 0.4) is 0 Å². The molecule has 0 spiro atoms. The number of nitrogens with zero attached hydrogens (tertiary/aromatic N) is 1. The van der Waals surface area contributed by atoms with Crippen LogP contribution < -0.4 is 0 Å². The minimum Gasteiger partial charge on any atom is -0.462 e. The first-order chi connectivity index (χ1) is 18.4. The van der Waals surface area contributed by atoms with Gasteiger partial charge in [0.05, 0.1) is 43.0 Å². The van der Waals surface area contributed by atoms with Crippen molar-refractivity contribution in [3.05, 3.63) is 24.3 Å². The molecule has 2 heterocycles. The SMILES string of the molecule is COC1[C@H](O)CC(=O)O[C@H](C)C/C=C/C=C/[C@H](O)[C@H](C)C[C@H](CC=O)[C@@H]1O[C@@H]1O[C@H](C)[C@@H](O)[C@H](N(C)C)[C@H]1O. The van der Waals surface area contributed by atoms with Gasteiger partial charge in [0.2, 0.25) is 0 Å². The largest absolute Gasteiger partial charge is 0.462 e. The molecule has 0 aliphatic carbocycles. The Morgan fingerprint density at radius 2 is 1.77 bits per heavy atom. The Kier molecular flexibility index (Phi) is 13.7. The molecule has 2 aliphatic heterocycles. The van der Waals surface area contributed by atoms with E-state index in [1.165, 1.54) is 7.11 Å². The van der Waals surface area contributed by atoms with Crippen molar-refractivity contribution in [2.24, 2.45) is 11.8 Å². The van der Waals surface area contributed by atoms with Gasteiger partial charge in [-0.25, -0.2) is 0 Å². The van der Waals surface area contributed by atoms with E-state index >= 15 is 0 Å². The lowest BCUT2D eigenvalue weighted by Crippen LogP contribution is -2.63. The maximum absolute atomic E-state index is 12.6. The molecule has 0 saturated carbocycles. The van der Waals surface area contributed by atoms with Gasteiger partial charge in [-0.15, -0.1) is 0 Å². The third-order valence-corrected chi connectivity index (χ3v) is 7.52. The number of hydrogen-bond acceptors (Lipinski definition) is 11. The highest BCUT2D eigenvalue weighted by Gasteiger charge is 2.47. The van der Waals surface area contributed by atoms with E-state index in [4.69, 9.17) is 18.9 Å². The Morgan fingerprint density at radius 1 is 1.08 bits per heavy atom.